The van der Waals surface area contributed by atoms with Crippen LogP contribution in [0.15, 0.2) is 34.1 Å². The molecule has 126 valence electrons. The van der Waals surface area contributed by atoms with Gasteiger partial charge in [0.05, 0.1) is 0 Å². The van der Waals surface area contributed by atoms with E-state index in [9.17, 15) is 0 Å². The average Bonchev–Trinajstić information content (AvgIpc) is 2.52. The van der Waals surface area contributed by atoms with Gasteiger partial charge in [-0.2, -0.15) is 6.08 Å². The van der Waals surface area contributed by atoms with Crippen LogP contribution in [0.2, 0.25) is 0 Å². The van der Waals surface area contributed by atoms with Crippen molar-refractivity contribution < 1.29 is 26.2 Å². The van der Waals surface area contributed by atoms with Gasteiger partial charge in [-0.15, -0.1) is 5.92 Å². The fraction of sp³-hybridized carbons (Fsp3) is 0.636. The van der Waals surface area contributed by atoms with E-state index in [0.717, 1.165) is 6.42 Å². The minimum absolute atomic E-state index is 0. The molecular formula is C22H34Zr. The maximum atomic E-state index is 4.38. The van der Waals surface area contributed by atoms with Gasteiger partial charge in [-0.1, -0.05) is 75.2 Å². The zero-order chi connectivity index (χ0) is 17.3. The minimum Gasteiger partial charge on any atom is -0.335 e. The van der Waals surface area contributed by atoms with Crippen molar-refractivity contribution in [3.8, 4) is 0 Å². The molecule has 0 fully saturated rings. The molecule has 23 heavy (non-hydrogen) atoms. The van der Waals surface area contributed by atoms with Crippen LogP contribution in [0.3, 0.4) is 0 Å². The first-order valence-electron chi connectivity index (χ1n) is 8.40. The maximum Gasteiger partial charge on any atom is 2.00 e. The molecular weight excluding hydrogens is 355 g/mol. The molecule has 0 saturated heterocycles. The van der Waals surface area contributed by atoms with Crippen LogP contribution in [0.4, 0.5) is 0 Å². The molecule has 2 unspecified atom stereocenters. The molecule has 0 aromatic rings. The van der Waals surface area contributed by atoms with Crippen LogP contribution in [0.1, 0.15) is 68.7 Å². The Morgan fingerprint density at radius 1 is 1.09 bits per heavy atom. The van der Waals surface area contributed by atoms with Crippen molar-refractivity contribution in [2.75, 3.05) is 0 Å². The Morgan fingerprint density at radius 3 is 1.96 bits per heavy atom. The summed E-state index contributed by atoms with van der Waals surface area (Å²) < 4.78 is 0. The van der Waals surface area contributed by atoms with Crippen molar-refractivity contribution >= 4 is 0 Å². The summed E-state index contributed by atoms with van der Waals surface area (Å²) in [6, 6.07) is 0. The van der Waals surface area contributed by atoms with E-state index in [0.29, 0.717) is 11.8 Å². The number of hydrogen-bond acceptors (Lipinski definition) is 0. The van der Waals surface area contributed by atoms with Crippen molar-refractivity contribution in [3.05, 3.63) is 47.1 Å². The van der Waals surface area contributed by atoms with Gasteiger partial charge in [0.2, 0.25) is 0 Å². The normalized spacial score (nSPS) is 20.2. The van der Waals surface area contributed by atoms with Crippen molar-refractivity contribution in [1.29, 1.82) is 0 Å². The van der Waals surface area contributed by atoms with Crippen LogP contribution in [0.25, 0.3) is 0 Å². The van der Waals surface area contributed by atoms with Gasteiger partial charge in [0, 0.05) is 0 Å². The molecule has 0 saturated carbocycles. The standard InChI is InChI=1S/C22H34.Zr/c1-15-16(2)18(4)20(17(15)3)14-19(22(8,9)10)12-11-13-21(5,6)7;/h13,17,19H,3,14H2,1-2,4-10H3;/q-2;+2. The summed E-state index contributed by atoms with van der Waals surface area (Å²) in [4.78, 5) is 0. The van der Waals surface area contributed by atoms with Gasteiger partial charge in [-0.25, -0.2) is 6.08 Å². The van der Waals surface area contributed by atoms with Crippen molar-refractivity contribution in [2.45, 2.75) is 68.7 Å². The molecule has 1 aliphatic carbocycles. The molecule has 0 aliphatic heterocycles. The molecule has 0 nitrogen and oxygen atoms in total. The second-order valence-electron chi connectivity index (χ2n) is 8.93. The molecule has 0 aromatic heterocycles. The number of allylic oxidation sites excluding steroid dienone is 5. The van der Waals surface area contributed by atoms with Gasteiger partial charge >= 0.3 is 26.2 Å². The van der Waals surface area contributed by atoms with Crippen LogP contribution < -0.4 is 0 Å². The topological polar surface area (TPSA) is 0 Å². The van der Waals surface area contributed by atoms with E-state index in [1.165, 1.54) is 22.3 Å². The number of rotatable bonds is 3. The van der Waals surface area contributed by atoms with E-state index in [-0.39, 0.29) is 37.0 Å². The van der Waals surface area contributed by atoms with E-state index in [2.05, 4.69) is 87.1 Å². The van der Waals surface area contributed by atoms with Crippen molar-refractivity contribution in [2.24, 2.45) is 22.7 Å². The van der Waals surface area contributed by atoms with E-state index in [1.807, 2.05) is 0 Å². The van der Waals surface area contributed by atoms with E-state index in [1.54, 1.807) is 0 Å². The first kappa shape index (κ1) is 22.9. The van der Waals surface area contributed by atoms with Gasteiger partial charge in [0.15, 0.2) is 0 Å². The van der Waals surface area contributed by atoms with Gasteiger partial charge in [0.25, 0.3) is 0 Å². The number of hydrogen-bond donors (Lipinski definition) is 0. The minimum atomic E-state index is 0. The second kappa shape index (κ2) is 8.31. The van der Waals surface area contributed by atoms with Gasteiger partial charge < -0.3 is 12.7 Å². The first-order chi connectivity index (χ1) is 9.84. The van der Waals surface area contributed by atoms with Crippen LogP contribution >= 0.6 is 0 Å². The Hall–Kier alpha value is -0.117. The van der Waals surface area contributed by atoms with E-state index >= 15 is 0 Å². The summed E-state index contributed by atoms with van der Waals surface area (Å²) in [5, 5.41) is 0. The van der Waals surface area contributed by atoms with Crippen molar-refractivity contribution in [1.82, 2.24) is 0 Å². The largest absolute Gasteiger partial charge is 2.00 e. The van der Waals surface area contributed by atoms with Crippen LogP contribution in [-0.2, 0) is 26.2 Å². The summed E-state index contributed by atoms with van der Waals surface area (Å²) in [6.45, 7) is 24.5. The molecule has 0 amide bonds. The summed E-state index contributed by atoms with van der Waals surface area (Å²) >= 11 is 0. The molecule has 0 N–H and O–H groups in total. The Bertz CT molecular complexity index is 538. The average molecular weight is 390 g/mol. The predicted octanol–water partition coefficient (Wildman–Crippen LogP) is 6.71. The zero-order valence-corrected chi connectivity index (χ0v) is 19.1. The van der Waals surface area contributed by atoms with Gasteiger partial charge in [-0.3, -0.25) is 0 Å². The van der Waals surface area contributed by atoms with Crippen LogP contribution in [0, 0.1) is 35.7 Å². The molecule has 0 radical (unpaired) electrons. The molecule has 1 rings (SSSR count). The quantitative estimate of drug-likeness (QED) is 0.371. The van der Waals surface area contributed by atoms with Gasteiger partial charge in [-0.05, 0) is 32.6 Å². The van der Waals surface area contributed by atoms with Crippen molar-refractivity contribution in [3.63, 3.8) is 0 Å². The molecule has 1 aliphatic rings. The van der Waals surface area contributed by atoms with E-state index < -0.39 is 0 Å². The molecule has 1 heteroatoms. The third kappa shape index (κ3) is 6.36. The fourth-order valence-corrected chi connectivity index (χ4v) is 2.77. The van der Waals surface area contributed by atoms with Crippen LogP contribution in [-0.4, -0.2) is 0 Å². The monoisotopic (exact) mass is 388 g/mol. The molecule has 0 bridgehead atoms. The zero-order valence-electron chi connectivity index (χ0n) is 16.6. The summed E-state index contributed by atoms with van der Waals surface area (Å²) in [6.07, 6.45) is 6.68. The first-order valence-corrected chi connectivity index (χ1v) is 8.40. The Kier molecular flexibility index (Phi) is 8.27. The SMILES string of the molecule is [CH2-]C1C(C)=C(C)C(C)=C1CC([C-]=C=CC(C)(C)C)C(C)(C)C.[Zr+2]. The third-order valence-electron chi connectivity index (χ3n) is 4.81. The molecule has 0 aromatic carbocycles. The maximum absolute atomic E-state index is 4.38. The molecule has 0 heterocycles. The summed E-state index contributed by atoms with van der Waals surface area (Å²) in [7, 11) is 0. The summed E-state index contributed by atoms with van der Waals surface area (Å²) in [5.41, 5.74) is 9.43. The third-order valence-corrected chi connectivity index (χ3v) is 4.81. The fourth-order valence-electron chi connectivity index (χ4n) is 2.77. The Morgan fingerprint density at radius 2 is 1.61 bits per heavy atom. The molecule has 0 spiro atoms. The molecule has 2 atom stereocenters. The Balaban J connectivity index is 0.00000484. The summed E-state index contributed by atoms with van der Waals surface area (Å²) in [5.74, 6) is 0.692. The van der Waals surface area contributed by atoms with Crippen LogP contribution in [0.5, 0.6) is 0 Å². The predicted molar refractivity (Wildman–Crippen MR) is 98.3 cm³/mol. The smallest absolute Gasteiger partial charge is 0.335 e. The Labute approximate surface area is 164 Å². The van der Waals surface area contributed by atoms with Gasteiger partial charge in [0.1, 0.15) is 0 Å². The van der Waals surface area contributed by atoms with E-state index in [4.69, 9.17) is 0 Å². The second-order valence-corrected chi connectivity index (χ2v) is 8.93.